The minimum absolute atomic E-state index is 0.129. The van der Waals surface area contributed by atoms with E-state index < -0.39 is 42.0 Å². The Morgan fingerprint density at radius 2 is 1.92 bits per heavy atom. The molecule has 8 nitrogen and oxygen atoms in total. The number of carbonyl (C=O) groups is 4. The van der Waals surface area contributed by atoms with Gasteiger partial charge in [0.05, 0.1) is 17.3 Å². The van der Waals surface area contributed by atoms with Crippen molar-refractivity contribution in [3.8, 4) is 0 Å². The maximum absolute atomic E-state index is 14.5. The minimum atomic E-state index is -1.38. The van der Waals surface area contributed by atoms with E-state index >= 15 is 0 Å². The number of amides is 3. The quantitative estimate of drug-likeness (QED) is 0.306. The lowest BCUT2D eigenvalue weighted by Crippen LogP contribution is -2.54. The van der Waals surface area contributed by atoms with Gasteiger partial charge in [0, 0.05) is 24.4 Å². The summed E-state index contributed by atoms with van der Waals surface area (Å²) in [7, 11) is 0. The van der Waals surface area contributed by atoms with Crippen LogP contribution in [0.25, 0.3) is 0 Å². The largest absolute Gasteiger partial charge is 0.398 e. The summed E-state index contributed by atoms with van der Waals surface area (Å²) < 4.78 is 14.5. The topological polar surface area (TPSA) is 122 Å². The number of anilines is 1. The third-order valence-corrected chi connectivity index (χ3v) is 8.37. The number of rotatable bonds is 10. The number of nitrogens with zero attached hydrogens (tertiary/aromatic N) is 1. The van der Waals surface area contributed by atoms with Crippen LogP contribution in [-0.4, -0.2) is 59.7 Å². The summed E-state index contributed by atoms with van der Waals surface area (Å²) in [6.45, 7) is 3.27. The predicted molar refractivity (Wildman–Crippen MR) is 147 cm³/mol. The van der Waals surface area contributed by atoms with E-state index in [1.54, 1.807) is 0 Å². The van der Waals surface area contributed by atoms with Crippen molar-refractivity contribution < 1.29 is 23.6 Å². The average Bonchev–Trinajstić information content (AvgIpc) is 3.39. The standard InChI is InChI=1S/C29H34ClFN4O4/c1-17(33-26(37)19-8-9-23(32)22(30)13-19)28(39)35-16-21(31)14-24(35)27(38)34-25(10-11-36)29(2)15-20(29)12-18-6-4-3-5-7-18/h3-9,11,13,17,20-21,24-25H,10,12,14-16,32H2,1-2H3,(H,33,37)(H,34,38)/t17-,20-,21?,24-,25-,29?/m0/s1. The fourth-order valence-corrected chi connectivity index (χ4v) is 5.68. The molecule has 2 aromatic rings. The first-order valence-corrected chi connectivity index (χ1v) is 13.5. The van der Waals surface area contributed by atoms with Crippen LogP contribution in [0.15, 0.2) is 48.5 Å². The molecule has 4 N–H and O–H groups in total. The molecule has 2 aromatic carbocycles. The highest BCUT2D eigenvalue weighted by Crippen LogP contribution is 2.57. The second-order valence-corrected chi connectivity index (χ2v) is 11.2. The van der Waals surface area contributed by atoms with E-state index in [0.717, 1.165) is 19.1 Å². The molecular weight excluding hydrogens is 523 g/mol. The lowest BCUT2D eigenvalue weighted by molar-refractivity contribution is -0.140. The Labute approximate surface area is 232 Å². The second-order valence-electron chi connectivity index (χ2n) is 10.8. The summed E-state index contributed by atoms with van der Waals surface area (Å²) in [5.74, 6) is -1.33. The fourth-order valence-electron chi connectivity index (χ4n) is 5.50. The normalized spacial score (nSPS) is 25.4. The number of halogens is 2. The van der Waals surface area contributed by atoms with Crippen molar-refractivity contribution in [3.05, 3.63) is 64.7 Å². The Kier molecular flexibility index (Phi) is 8.59. The van der Waals surface area contributed by atoms with Crippen molar-refractivity contribution in [3.63, 3.8) is 0 Å². The SMILES string of the molecule is C[C@H](NC(=O)c1ccc(N)c(Cl)c1)C(=O)N1CC(F)C[C@H]1C(=O)N[C@@H](CC=O)C1(C)C[C@@H]1Cc1ccccc1. The van der Waals surface area contributed by atoms with Gasteiger partial charge >= 0.3 is 0 Å². The molecule has 0 spiro atoms. The van der Waals surface area contributed by atoms with Gasteiger partial charge in [-0.2, -0.15) is 0 Å². The van der Waals surface area contributed by atoms with Crippen molar-refractivity contribution in [1.29, 1.82) is 0 Å². The van der Waals surface area contributed by atoms with Crippen molar-refractivity contribution >= 4 is 41.3 Å². The summed E-state index contributed by atoms with van der Waals surface area (Å²) in [5, 5.41) is 5.75. The first kappa shape index (κ1) is 28.5. The number of hydrogen-bond acceptors (Lipinski definition) is 5. The molecule has 0 bridgehead atoms. The van der Waals surface area contributed by atoms with Gasteiger partial charge in [0.1, 0.15) is 24.5 Å². The monoisotopic (exact) mass is 556 g/mol. The first-order valence-electron chi connectivity index (χ1n) is 13.1. The molecule has 208 valence electrons. The van der Waals surface area contributed by atoms with Crippen LogP contribution in [0.2, 0.25) is 5.02 Å². The van der Waals surface area contributed by atoms with Crippen LogP contribution in [-0.2, 0) is 20.8 Å². The van der Waals surface area contributed by atoms with Gasteiger partial charge in [-0.3, -0.25) is 14.4 Å². The van der Waals surface area contributed by atoms with Gasteiger partial charge in [-0.25, -0.2) is 4.39 Å². The van der Waals surface area contributed by atoms with E-state index in [2.05, 4.69) is 22.8 Å². The van der Waals surface area contributed by atoms with Gasteiger partial charge in [0.25, 0.3) is 5.91 Å². The van der Waals surface area contributed by atoms with Crippen LogP contribution in [0.5, 0.6) is 0 Å². The van der Waals surface area contributed by atoms with Crippen LogP contribution in [0.4, 0.5) is 10.1 Å². The molecule has 2 fully saturated rings. The van der Waals surface area contributed by atoms with Gasteiger partial charge in [-0.1, -0.05) is 48.9 Å². The van der Waals surface area contributed by atoms with E-state index in [-0.39, 0.29) is 41.3 Å². The molecule has 1 saturated carbocycles. The maximum Gasteiger partial charge on any atom is 0.251 e. The number of alkyl halides is 1. The Hall–Kier alpha value is -3.46. The molecule has 2 aliphatic rings. The zero-order valence-electron chi connectivity index (χ0n) is 22.0. The van der Waals surface area contributed by atoms with Gasteiger partial charge in [-0.05, 0) is 54.9 Å². The van der Waals surface area contributed by atoms with Crippen LogP contribution < -0.4 is 16.4 Å². The summed E-state index contributed by atoms with van der Waals surface area (Å²) in [4.78, 5) is 51.9. The molecule has 10 heteroatoms. The Morgan fingerprint density at radius 3 is 2.59 bits per heavy atom. The molecule has 1 heterocycles. The summed E-state index contributed by atoms with van der Waals surface area (Å²) >= 11 is 5.99. The minimum Gasteiger partial charge on any atom is -0.398 e. The first-order chi connectivity index (χ1) is 18.5. The van der Waals surface area contributed by atoms with Gasteiger partial charge < -0.3 is 26.1 Å². The number of likely N-dealkylation sites (tertiary alicyclic amines) is 1. The van der Waals surface area contributed by atoms with Crippen molar-refractivity contribution in [2.75, 3.05) is 12.3 Å². The van der Waals surface area contributed by atoms with Gasteiger partial charge in [0.2, 0.25) is 11.8 Å². The summed E-state index contributed by atoms with van der Waals surface area (Å²) in [6, 6.07) is 11.9. The highest BCUT2D eigenvalue weighted by molar-refractivity contribution is 6.33. The molecule has 0 aromatic heterocycles. The lowest BCUT2D eigenvalue weighted by Gasteiger charge is -2.30. The fraction of sp³-hybridized carbons (Fsp3) is 0.448. The third kappa shape index (κ3) is 6.41. The Bertz CT molecular complexity index is 1250. The maximum atomic E-state index is 14.5. The van der Waals surface area contributed by atoms with Crippen LogP contribution in [0, 0.1) is 11.3 Å². The molecule has 0 radical (unpaired) electrons. The Balaban J connectivity index is 1.40. The number of nitrogens with two attached hydrogens (primary N) is 1. The van der Waals surface area contributed by atoms with E-state index in [1.807, 2.05) is 25.1 Å². The van der Waals surface area contributed by atoms with E-state index in [9.17, 15) is 23.6 Å². The highest BCUT2D eigenvalue weighted by Gasteiger charge is 2.55. The lowest BCUT2D eigenvalue weighted by atomic mass is 9.90. The van der Waals surface area contributed by atoms with E-state index in [4.69, 9.17) is 17.3 Å². The van der Waals surface area contributed by atoms with Crippen LogP contribution >= 0.6 is 11.6 Å². The number of aldehydes is 1. The van der Waals surface area contributed by atoms with Crippen molar-refractivity contribution in [1.82, 2.24) is 15.5 Å². The number of hydrogen-bond donors (Lipinski definition) is 3. The molecular formula is C29H34ClFN4O4. The molecule has 1 aliphatic carbocycles. The second kappa shape index (κ2) is 11.7. The molecule has 1 saturated heterocycles. The molecule has 2 unspecified atom stereocenters. The van der Waals surface area contributed by atoms with Crippen LogP contribution in [0.1, 0.15) is 49.0 Å². The van der Waals surface area contributed by atoms with E-state index in [1.165, 1.54) is 35.6 Å². The molecule has 6 atom stereocenters. The number of benzene rings is 2. The Morgan fingerprint density at radius 1 is 1.21 bits per heavy atom. The average molecular weight is 557 g/mol. The predicted octanol–water partition coefficient (Wildman–Crippen LogP) is 3.32. The molecule has 39 heavy (non-hydrogen) atoms. The van der Waals surface area contributed by atoms with Crippen LogP contribution in [0.3, 0.4) is 0 Å². The highest BCUT2D eigenvalue weighted by atomic mass is 35.5. The van der Waals surface area contributed by atoms with E-state index in [0.29, 0.717) is 5.69 Å². The summed E-state index contributed by atoms with van der Waals surface area (Å²) in [5.41, 5.74) is 7.12. The summed E-state index contributed by atoms with van der Waals surface area (Å²) in [6.07, 6.45) is 1.06. The van der Waals surface area contributed by atoms with Crippen molar-refractivity contribution in [2.45, 2.75) is 63.8 Å². The molecule has 3 amide bonds. The smallest absolute Gasteiger partial charge is 0.251 e. The molecule has 4 rings (SSSR count). The zero-order valence-corrected chi connectivity index (χ0v) is 22.8. The number of nitrogen functional groups attached to an aromatic ring is 1. The number of nitrogens with one attached hydrogen (secondary N) is 2. The van der Waals surface area contributed by atoms with Gasteiger partial charge in [0.15, 0.2) is 0 Å². The number of carbonyl (C=O) groups excluding carboxylic acids is 4. The molecule has 1 aliphatic heterocycles. The van der Waals surface area contributed by atoms with Gasteiger partial charge in [-0.15, -0.1) is 0 Å². The third-order valence-electron chi connectivity index (χ3n) is 8.04. The zero-order chi connectivity index (χ0) is 28.3. The van der Waals surface area contributed by atoms with Crippen molar-refractivity contribution in [2.24, 2.45) is 11.3 Å².